The summed E-state index contributed by atoms with van der Waals surface area (Å²) in [6.45, 7) is 5.74. The van der Waals surface area contributed by atoms with Crippen LogP contribution in [0.5, 0.6) is 0 Å². The number of hydrogen-bond donors (Lipinski definition) is 1. The summed E-state index contributed by atoms with van der Waals surface area (Å²) in [5, 5.41) is 0. The first-order valence-electron chi connectivity index (χ1n) is 7.95. The highest BCUT2D eigenvalue weighted by Gasteiger charge is 2.23. The van der Waals surface area contributed by atoms with Crippen LogP contribution >= 0.6 is 0 Å². The van der Waals surface area contributed by atoms with Crippen LogP contribution in [0.2, 0.25) is 0 Å². The summed E-state index contributed by atoms with van der Waals surface area (Å²) in [5.74, 6) is 0.939. The second kappa shape index (κ2) is 7.38. The van der Waals surface area contributed by atoms with E-state index in [2.05, 4.69) is 16.8 Å². The van der Waals surface area contributed by atoms with Crippen LogP contribution in [-0.2, 0) is 4.79 Å². The fraction of sp³-hybridized carbons (Fsp3) is 0.933. The second-order valence-corrected chi connectivity index (χ2v) is 6.63. The van der Waals surface area contributed by atoms with E-state index < -0.39 is 0 Å². The predicted molar refractivity (Wildman–Crippen MR) is 81.5 cm³/mol. The molecule has 2 aliphatic heterocycles. The van der Waals surface area contributed by atoms with Gasteiger partial charge in [0.05, 0.1) is 6.54 Å². The fourth-order valence-electron chi connectivity index (χ4n) is 3.16. The number of piperidine rings is 2. The molecule has 0 aromatic carbocycles. The third-order valence-corrected chi connectivity index (χ3v) is 4.79. The van der Waals surface area contributed by atoms with Gasteiger partial charge in [0.2, 0.25) is 5.91 Å². The molecule has 1 amide bonds. The Bertz CT molecular complexity index is 307. The highest BCUT2D eigenvalue weighted by molar-refractivity contribution is 5.78. The molecule has 2 heterocycles. The summed E-state index contributed by atoms with van der Waals surface area (Å²) in [6, 6.07) is 0.332. The van der Waals surface area contributed by atoms with E-state index in [9.17, 15) is 4.79 Å². The highest BCUT2D eigenvalue weighted by Crippen LogP contribution is 2.17. The topological polar surface area (TPSA) is 52.8 Å². The van der Waals surface area contributed by atoms with Gasteiger partial charge in [0, 0.05) is 32.7 Å². The van der Waals surface area contributed by atoms with Crippen LogP contribution in [-0.4, -0.2) is 80.0 Å². The largest absolute Gasteiger partial charge is 0.344 e. The van der Waals surface area contributed by atoms with E-state index in [1.807, 2.05) is 11.9 Å². The monoisotopic (exact) mass is 282 g/mol. The number of nitrogens with zero attached hydrogens (tertiary/aromatic N) is 3. The minimum atomic E-state index is 0.263. The molecule has 0 bridgehead atoms. The van der Waals surface area contributed by atoms with Gasteiger partial charge in [0.1, 0.15) is 0 Å². The number of carbonyl (C=O) groups is 1. The number of likely N-dealkylation sites (N-methyl/N-ethyl adjacent to an activating group) is 1. The number of amides is 1. The normalized spacial score (nSPS) is 23.9. The lowest BCUT2D eigenvalue weighted by atomic mass is 9.96. The van der Waals surface area contributed by atoms with Crippen molar-refractivity contribution in [3.63, 3.8) is 0 Å². The summed E-state index contributed by atoms with van der Waals surface area (Å²) in [7, 11) is 4.13. The maximum atomic E-state index is 12.3. The molecule has 0 radical (unpaired) electrons. The molecule has 116 valence electrons. The van der Waals surface area contributed by atoms with Gasteiger partial charge in [-0.2, -0.15) is 0 Å². The summed E-state index contributed by atoms with van der Waals surface area (Å²) in [6.07, 6.45) is 4.47. The highest BCUT2D eigenvalue weighted by atomic mass is 16.2. The van der Waals surface area contributed by atoms with Crippen molar-refractivity contribution in [2.45, 2.75) is 31.7 Å². The van der Waals surface area contributed by atoms with Crippen LogP contribution in [0.1, 0.15) is 25.7 Å². The van der Waals surface area contributed by atoms with E-state index in [4.69, 9.17) is 5.73 Å². The second-order valence-electron chi connectivity index (χ2n) is 6.63. The minimum absolute atomic E-state index is 0.263. The fourth-order valence-corrected chi connectivity index (χ4v) is 3.16. The molecule has 2 rings (SSSR count). The van der Waals surface area contributed by atoms with Gasteiger partial charge in [-0.3, -0.25) is 9.69 Å². The number of carbonyl (C=O) groups excluding carboxylic acids is 1. The minimum Gasteiger partial charge on any atom is -0.344 e. The van der Waals surface area contributed by atoms with Crippen LogP contribution in [0.4, 0.5) is 0 Å². The first-order valence-corrected chi connectivity index (χ1v) is 7.95. The lowest BCUT2D eigenvalue weighted by Gasteiger charge is -2.33. The van der Waals surface area contributed by atoms with Crippen LogP contribution in [0, 0.1) is 5.92 Å². The Morgan fingerprint density at radius 3 is 2.35 bits per heavy atom. The van der Waals surface area contributed by atoms with E-state index >= 15 is 0 Å². The first kappa shape index (κ1) is 15.7. The van der Waals surface area contributed by atoms with Crippen LogP contribution < -0.4 is 5.73 Å². The molecule has 0 unspecified atom stereocenters. The van der Waals surface area contributed by atoms with E-state index in [1.54, 1.807) is 0 Å². The smallest absolute Gasteiger partial charge is 0.236 e. The van der Waals surface area contributed by atoms with Crippen LogP contribution in [0.3, 0.4) is 0 Å². The van der Waals surface area contributed by atoms with Crippen molar-refractivity contribution in [2.75, 3.05) is 53.4 Å². The van der Waals surface area contributed by atoms with Gasteiger partial charge >= 0.3 is 0 Å². The van der Waals surface area contributed by atoms with Crippen molar-refractivity contribution >= 4 is 5.91 Å². The Labute approximate surface area is 123 Å². The standard InChI is InChI=1S/C15H30N4O/c1-17-7-3-13(4-8-17)11-18(2)15(20)12-19-9-5-14(16)6-10-19/h13-14H,3-12,16H2,1-2H3. The van der Waals surface area contributed by atoms with Gasteiger partial charge in [0.25, 0.3) is 0 Å². The molecule has 0 spiro atoms. The zero-order valence-electron chi connectivity index (χ0n) is 13.1. The number of hydrogen-bond acceptors (Lipinski definition) is 4. The van der Waals surface area contributed by atoms with E-state index in [0.717, 1.165) is 45.6 Å². The van der Waals surface area contributed by atoms with Gasteiger partial charge in [-0.25, -0.2) is 0 Å². The molecule has 20 heavy (non-hydrogen) atoms. The Morgan fingerprint density at radius 2 is 1.75 bits per heavy atom. The summed E-state index contributed by atoms with van der Waals surface area (Å²) >= 11 is 0. The lowest BCUT2D eigenvalue weighted by Crippen LogP contribution is -2.46. The van der Waals surface area contributed by atoms with Crippen molar-refractivity contribution in [3.05, 3.63) is 0 Å². The lowest BCUT2D eigenvalue weighted by molar-refractivity contribution is -0.132. The predicted octanol–water partition coefficient (Wildman–Crippen LogP) is 0.210. The van der Waals surface area contributed by atoms with Crippen molar-refractivity contribution in [3.8, 4) is 0 Å². The molecular weight excluding hydrogens is 252 g/mol. The van der Waals surface area contributed by atoms with E-state index in [-0.39, 0.29) is 5.91 Å². The van der Waals surface area contributed by atoms with Crippen LogP contribution in [0.15, 0.2) is 0 Å². The Balaban J connectivity index is 1.69. The Kier molecular flexibility index (Phi) is 5.81. The zero-order valence-corrected chi connectivity index (χ0v) is 13.1. The molecule has 2 saturated heterocycles. The quantitative estimate of drug-likeness (QED) is 0.801. The molecule has 0 aliphatic carbocycles. The molecule has 0 aromatic rings. The van der Waals surface area contributed by atoms with Crippen molar-refractivity contribution < 1.29 is 4.79 Å². The maximum absolute atomic E-state index is 12.3. The molecule has 2 fully saturated rings. The maximum Gasteiger partial charge on any atom is 0.236 e. The van der Waals surface area contributed by atoms with Gasteiger partial charge < -0.3 is 15.5 Å². The number of nitrogens with two attached hydrogens (primary N) is 1. The van der Waals surface area contributed by atoms with Gasteiger partial charge in [-0.15, -0.1) is 0 Å². The van der Waals surface area contributed by atoms with Crippen molar-refractivity contribution in [1.82, 2.24) is 14.7 Å². The average molecular weight is 282 g/mol. The van der Waals surface area contributed by atoms with Crippen molar-refractivity contribution in [2.24, 2.45) is 11.7 Å². The molecule has 0 aromatic heterocycles. The SMILES string of the molecule is CN1CCC(CN(C)C(=O)CN2CCC(N)CC2)CC1. The number of rotatable bonds is 4. The average Bonchev–Trinajstić information content (AvgIpc) is 2.44. The molecular formula is C15H30N4O. The number of likely N-dealkylation sites (tertiary alicyclic amines) is 2. The van der Waals surface area contributed by atoms with Gasteiger partial charge in [-0.05, 0) is 51.7 Å². The molecule has 0 atom stereocenters. The molecule has 0 saturated carbocycles. The Morgan fingerprint density at radius 1 is 1.15 bits per heavy atom. The third kappa shape index (κ3) is 4.72. The third-order valence-electron chi connectivity index (χ3n) is 4.79. The van der Waals surface area contributed by atoms with E-state index in [0.29, 0.717) is 18.5 Å². The molecule has 2 aliphatic rings. The Hall–Kier alpha value is -0.650. The zero-order chi connectivity index (χ0) is 14.5. The summed E-state index contributed by atoms with van der Waals surface area (Å²) < 4.78 is 0. The summed E-state index contributed by atoms with van der Waals surface area (Å²) in [4.78, 5) is 18.8. The van der Waals surface area contributed by atoms with Crippen molar-refractivity contribution in [1.29, 1.82) is 0 Å². The van der Waals surface area contributed by atoms with Gasteiger partial charge in [-0.1, -0.05) is 0 Å². The molecule has 5 nitrogen and oxygen atoms in total. The van der Waals surface area contributed by atoms with E-state index in [1.165, 1.54) is 12.8 Å². The molecule has 5 heteroatoms. The first-order chi connectivity index (χ1) is 9.54. The summed E-state index contributed by atoms with van der Waals surface area (Å²) in [5.41, 5.74) is 5.90. The molecule has 2 N–H and O–H groups in total. The van der Waals surface area contributed by atoms with Gasteiger partial charge in [0.15, 0.2) is 0 Å². The van der Waals surface area contributed by atoms with Crippen LogP contribution in [0.25, 0.3) is 0 Å².